The first-order valence-electron chi connectivity index (χ1n) is 10.1. The Hall–Kier alpha value is -3.67. The Morgan fingerprint density at radius 2 is 1.74 bits per heavy atom. The van der Waals surface area contributed by atoms with Gasteiger partial charge in [0.05, 0.1) is 14.2 Å². The number of carbonyl (C=O) groups is 1. The Labute approximate surface area is 181 Å². The Balaban J connectivity index is 1.78. The zero-order valence-corrected chi connectivity index (χ0v) is 17.8. The van der Waals surface area contributed by atoms with Crippen LogP contribution in [0.5, 0.6) is 23.0 Å². The Morgan fingerprint density at radius 1 is 0.935 bits per heavy atom. The van der Waals surface area contributed by atoms with E-state index in [0.717, 1.165) is 45.4 Å². The molecule has 0 radical (unpaired) electrons. The van der Waals surface area contributed by atoms with Gasteiger partial charge < -0.3 is 24.3 Å². The van der Waals surface area contributed by atoms with Gasteiger partial charge in [0.2, 0.25) is 0 Å². The molecule has 0 aliphatic carbocycles. The quantitative estimate of drug-likeness (QED) is 0.528. The third-order valence-electron chi connectivity index (χ3n) is 5.55. The van der Waals surface area contributed by atoms with E-state index in [1.54, 1.807) is 14.2 Å². The van der Waals surface area contributed by atoms with Crippen LogP contribution in [-0.4, -0.2) is 26.9 Å². The van der Waals surface area contributed by atoms with Crippen LogP contribution in [0, 0.1) is 6.92 Å². The molecule has 1 aliphatic heterocycles. The van der Waals surface area contributed by atoms with E-state index < -0.39 is 6.23 Å². The van der Waals surface area contributed by atoms with E-state index in [1.165, 1.54) is 0 Å². The summed E-state index contributed by atoms with van der Waals surface area (Å²) in [5.74, 6) is 2.95. The largest absolute Gasteiger partial charge is 0.496 e. The molecule has 3 aromatic rings. The van der Waals surface area contributed by atoms with Crippen molar-refractivity contribution in [1.29, 1.82) is 0 Å². The summed E-state index contributed by atoms with van der Waals surface area (Å²) in [5, 5.41) is 3.29. The van der Waals surface area contributed by atoms with Gasteiger partial charge in [0.25, 0.3) is 6.47 Å². The lowest BCUT2D eigenvalue weighted by Gasteiger charge is -2.33. The number of fused-ring (bicyclic) bond motifs is 1. The second kappa shape index (κ2) is 9.00. The highest BCUT2D eigenvalue weighted by Crippen LogP contribution is 2.46. The SMILES string of the molecule is COc1ccc(C2CC(OC=O)Nc3ccc(Oc4ccccc4)cc32)c(OC)c1C. The van der Waals surface area contributed by atoms with Crippen LogP contribution in [0.1, 0.15) is 29.0 Å². The Bertz CT molecular complexity index is 1070. The van der Waals surface area contributed by atoms with Crippen molar-refractivity contribution in [1.82, 2.24) is 0 Å². The van der Waals surface area contributed by atoms with E-state index in [4.69, 9.17) is 18.9 Å². The normalized spacial score (nSPS) is 17.1. The van der Waals surface area contributed by atoms with Crippen LogP contribution >= 0.6 is 0 Å². The first-order chi connectivity index (χ1) is 15.1. The summed E-state index contributed by atoms with van der Waals surface area (Å²) in [5.41, 5.74) is 3.85. The first kappa shape index (κ1) is 20.6. The van der Waals surface area contributed by atoms with Gasteiger partial charge in [0.15, 0.2) is 6.23 Å². The number of methoxy groups -OCH3 is 2. The van der Waals surface area contributed by atoms with Gasteiger partial charge in [-0.1, -0.05) is 24.3 Å². The van der Waals surface area contributed by atoms with Crippen molar-refractivity contribution in [2.45, 2.75) is 25.5 Å². The maximum absolute atomic E-state index is 11.0. The zero-order valence-electron chi connectivity index (χ0n) is 17.8. The third-order valence-corrected chi connectivity index (χ3v) is 5.55. The van der Waals surface area contributed by atoms with Gasteiger partial charge in [-0.15, -0.1) is 0 Å². The van der Waals surface area contributed by atoms with Crippen molar-refractivity contribution in [2.75, 3.05) is 19.5 Å². The minimum Gasteiger partial charge on any atom is -0.496 e. The van der Waals surface area contributed by atoms with E-state index >= 15 is 0 Å². The molecule has 1 N–H and O–H groups in total. The fraction of sp³-hybridized carbons (Fsp3) is 0.240. The Morgan fingerprint density at radius 3 is 2.45 bits per heavy atom. The van der Waals surface area contributed by atoms with Gasteiger partial charge >= 0.3 is 0 Å². The summed E-state index contributed by atoms with van der Waals surface area (Å²) in [4.78, 5) is 11.0. The molecule has 0 amide bonds. The van der Waals surface area contributed by atoms with Gasteiger partial charge in [-0.25, -0.2) is 0 Å². The maximum atomic E-state index is 11.0. The van der Waals surface area contributed by atoms with Crippen LogP contribution in [0.15, 0.2) is 60.7 Å². The Kier molecular flexibility index (Phi) is 5.98. The van der Waals surface area contributed by atoms with Crippen molar-refractivity contribution < 1.29 is 23.7 Å². The molecule has 31 heavy (non-hydrogen) atoms. The molecule has 1 heterocycles. The summed E-state index contributed by atoms with van der Waals surface area (Å²) in [6, 6.07) is 19.5. The van der Waals surface area contributed by atoms with Crippen molar-refractivity contribution in [2.24, 2.45) is 0 Å². The maximum Gasteiger partial charge on any atom is 0.294 e. The number of carbonyl (C=O) groups excluding carboxylic acids is 1. The van der Waals surface area contributed by atoms with Crippen molar-refractivity contribution in [3.8, 4) is 23.0 Å². The number of para-hydroxylation sites is 1. The summed E-state index contributed by atoms with van der Waals surface area (Å²) in [6.07, 6.45) is 0.117. The van der Waals surface area contributed by atoms with E-state index in [-0.39, 0.29) is 5.92 Å². The molecule has 0 spiro atoms. The van der Waals surface area contributed by atoms with Crippen LogP contribution in [0.25, 0.3) is 0 Å². The molecule has 160 valence electrons. The molecule has 6 heteroatoms. The summed E-state index contributed by atoms with van der Waals surface area (Å²) < 4.78 is 22.6. The number of hydrogen-bond donors (Lipinski definition) is 1. The van der Waals surface area contributed by atoms with E-state index in [2.05, 4.69) is 5.32 Å². The molecule has 2 atom stereocenters. The highest BCUT2D eigenvalue weighted by molar-refractivity contribution is 5.63. The second-order valence-corrected chi connectivity index (χ2v) is 7.33. The molecule has 2 unspecified atom stereocenters. The van der Waals surface area contributed by atoms with Gasteiger partial charge in [0.1, 0.15) is 23.0 Å². The van der Waals surface area contributed by atoms with Crippen molar-refractivity contribution >= 4 is 12.2 Å². The van der Waals surface area contributed by atoms with Crippen LogP contribution in [-0.2, 0) is 9.53 Å². The minimum atomic E-state index is -0.442. The number of ether oxygens (including phenoxy) is 4. The summed E-state index contributed by atoms with van der Waals surface area (Å²) >= 11 is 0. The molecule has 0 saturated carbocycles. The van der Waals surface area contributed by atoms with Crippen LogP contribution < -0.4 is 19.5 Å². The van der Waals surface area contributed by atoms with Crippen molar-refractivity contribution in [3.63, 3.8) is 0 Å². The van der Waals surface area contributed by atoms with Gasteiger partial charge in [-0.2, -0.15) is 0 Å². The number of nitrogens with one attached hydrogen (secondary N) is 1. The molecule has 4 rings (SSSR count). The van der Waals surface area contributed by atoms with Crippen molar-refractivity contribution in [3.05, 3.63) is 77.4 Å². The molecule has 0 bridgehead atoms. The second-order valence-electron chi connectivity index (χ2n) is 7.33. The lowest BCUT2D eigenvalue weighted by atomic mass is 9.83. The highest BCUT2D eigenvalue weighted by atomic mass is 16.5. The number of benzene rings is 3. The van der Waals surface area contributed by atoms with E-state index in [0.29, 0.717) is 12.9 Å². The standard InChI is InChI=1S/C25H25NO5/c1-16-23(28-2)12-10-19(25(16)29-3)20-14-24(30-15-27)26-22-11-9-18(13-21(20)22)31-17-7-5-4-6-8-17/h4-13,15,20,24,26H,14H2,1-3H3. The van der Waals surface area contributed by atoms with Crippen LogP contribution in [0.3, 0.4) is 0 Å². The third kappa shape index (κ3) is 4.14. The monoisotopic (exact) mass is 419 g/mol. The van der Waals surface area contributed by atoms with Gasteiger partial charge in [-0.3, -0.25) is 4.79 Å². The molecule has 1 aliphatic rings. The molecule has 6 nitrogen and oxygen atoms in total. The fourth-order valence-corrected chi connectivity index (χ4v) is 4.13. The lowest BCUT2D eigenvalue weighted by molar-refractivity contribution is -0.132. The lowest BCUT2D eigenvalue weighted by Crippen LogP contribution is -2.31. The van der Waals surface area contributed by atoms with Gasteiger partial charge in [0, 0.05) is 29.2 Å². The average Bonchev–Trinajstić information content (AvgIpc) is 2.79. The smallest absolute Gasteiger partial charge is 0.294 e. The highest BCUT2D eigenvalue weighted by Gasteiger charge is 2.32. The number of anilines is 1. The number of hydrogen-bond acceptors (Lipinski definition) is 6. The number of rotatable bonds is 7. The molecule has 0 saturated heterocycles. The first-order valence-corrected chi connectivity index (χ1v) is 10.1. The molecular formula is C25H25NO5. The fourth-order valence-electron chi connectivity index (χ4n) is 4.13. The predicted molar refractivity (Wildman–Crippen MR) is 118 cm³/mol. The minimum absolute atomic E-state index is 0.0694. The topological polar surface area (TPSA) is 66.0 Å². The van der Waals surface area contributed by atoms with Crippen LogP contribution in [0.4, 0.5) is 5.69 Å². The predicted octanol–water partition coefficient (Wildman–Crippen LogP) is 5.25. The molecular weight excluding hydrogens is 394 g/mol. The average molecular weight is 419 g/mol. The molecule has 0 fully saturated rings. The summed E-state index contributed by atoms with van der Waals surface area (Å²) in [6.45, 7) is 2.45. The summed E-state index contributed by atoms with van der Waals surface area (Å²) in [7, 11) is 3.30. The van der Waals surface area contributed by atoms with Crippen LogP contribution in [0.2, 0.25) is 0 Å². The van der Waals surface area contributed by atoms with E-state index in [9.17, 15) is 4.79 Å². The van der Waals surface area contributed by atoms with E-state index in [1.807, 2.05) is 67.6 Å². The zero-order chi connectivity index (χ0) is 21.8. The molecule has 0 aromatic heterocycles. The molecule has 3 aromatic carbocycles. The van der Waals surface area contributed by atoms with Gasteiger partial charge in [-0.05, 0) is 48.9 Å².